The number of amides is 1. The molecule has 5 nitrogen and oxygen atoms in total. The first-order valence-corrected chi connectivity index (χ1v) is 8.55. The second-order valence-corrected chi connectivity index (χ2v) is 6.39. The molecule has 1 saturated heterocycles. The highest BCUT2D eigenvalue weighted by Gasteiger charge is 2.35. The van der Waals surface area contributed by atoms with Crippen LogP contribution in [0.5, 0.6) is 0 Å². The van der Waals surface area contributed by atoms with E-state index in [2.05, 4.69) is 40.4 Å². The molecule has 1 aromatic carbocycles. The second-order valence-electron chi connectivity index (χ2n) is 6.39. The predicted molar refractivity (Wildman–Crippen MR) is 97.0 cm³/mol. The molecule has 0 bridgehead atoms. The zero-order chi connectivity index (χ0) is 17.5. The summed E-state index contributed by atoms with van der Waals surface area (Å²) in [5, 5.41) is 3.06. The summed E-state index contributed by atoms with van der Waals surface area (Å²) in [4.78, 5) is 20.4. The van der Waals surface area contributed by atoms with Gasteiger partial charge in [0.15, 0.2) is 0 Å². The monoisotopic (exact) mass is 337 g/mol. The number of carbonyl (C=O) groups is 1. The lowest BCUT2D eigenvalue weighted by atomic mass is 9.72. The molecule has 0 spiro atoms. The third kappa shape index (κ3) is 4.31. The highest BCUT2D eigenvalue weighted by Crippen LogP contribution is 2.36. The van der Waals surface area contributed by atoms with Crippen LogP contribution in [-0.4, -0.2) is 35.6 Å². The molecule has 5 heteroatoms. The molecule has 2 aromatic rings. The van der Waals surface area contributed by atoms with Crippen LogP contribution in [0.4, 0.5) is 0 Å². The maximum atomic E-state index is 12.2. The van der Waals surface area contributed by atoms with Crippen molar-refractivity contribution in [3.05, 3.63) is 65.8 Å². The van der Waals surface area contributed by atoms with Gasteiger partial charge in [0.1, 0.15) is 0 Å². The molecule has 0 aliphatic carbocycles. The van der Waals surface area contributed by atoms with Crippen LogP contribution >= 0.6 is 0 Å². The summed E-state index contributed by atoms with van der Waals surface area (Å²) >= 11 is 0. The summed E-state index contributed by atoms with van der Waals surface area (Å²) in [6, 6.07) is 8.41. The number of rotatable bonds is 5. The van der Waals surface area contributed by atoms with Gasteiger partial charge in [0.25, 0.3) is 0 Å². The summed E-state index contributed by atoms with van der Waals surface area (Å²) in [5.74, 6) is -0.120. The number of aromatic nitrogens is 2. The van der Waals surface area contributed by atoms with E-state index < -0.39 is 0 Å². The summed E-state index contributed by atoms with van der Waals surface area (Å²) in [5.41, 5.74) is 3.15. The van der Waals surface area contributed by atoms with Crippen molar-refractivity contribution in [3.63, 3.8) is 0 Å². The molecule has 0 radical (unpaired) electrons. The minimum Gasteiger partial charge on any atom is -0.381 e. The normalized spacial score (nSPS) is 16.7. The summed E-state index contributed by atoms with van der Waals surface area (Å²) in [6.45, 7) is 4.17. The first kappa shape index (κ1) is 17.3. The van der Waals surface area contributed by atoms with Gasteiger partial charge in [-0.1, -0.05) is 24.3 Å². The molecule has 1 fully saturated rings. The van der Waals surface area contributed by atoms with Crippen LogP contribution in [0.25, 0.3) is 6.08 Å². The van der Waals surface area contributed by atoms with Crippen LogP contribution in [0, 0.1) is 6.92 Å². The molecule has 2 heterocycles. The fourth-order valence-corrected chi connectivity index (χ4v) is 3.34. The van der Waals surface area contributed by atoms with E-state index in [0.29, 0.717) is 12.2 Å². The summed E-state index contributed by atoms with van der Waals surface area (Å²) in [7, 11) is 0. The molecule has 1 aliphatic rings. The number of aryl methyl sites for hydroxylation is 1. The van der Waals surface area contributed by atoms with Gasteiger partial charge in [0.2, 0.25) is 5.91 Å². The third-order valence-corrected chi connectivity index (χ3v) is 4.76. The molecule has 1 amide bonds. The number of hydrogen-bond acceptors (Lipinski definition) is 4. The molecule has 3 rings (SSSR count). The Morgan fingerprint density at radius 2 is 2.08 bits per heavy atom. The number of nitrogens with one attached hydrogen (secondary N) is 1. The molecule has 0 unspecified atom stereocenters. The van der Waals surface area contributed by atoms with Crippen molar-refractivity contribution < 1.29 is 9.53 Å². The number of benzene rings is 1. The summed E-state index contributed by atoms with van der Waals surface area (Å²) < 4.78 is 5.56. The van der Waals surface area contributed by atoms with Crippen molar-refractivity contribution in [2.45, 2.75) is 25.2 Å². The van der Waals surface area contributed by atoms with E-state index in [1.54, 1.807) is 24.7 Å². The average Bonchev–Trinajstić information content (AvgIpc) is 2.67. The Balaban J connectivity index is 1.70. The lowest BCUT2D eigenvalue weighted by molar-refractivity contribution is -0.116. The van der Waals surface area contributed by atoms with Gasteiger partial charge >= 0.3 is 0 Å². The predicted octanol–water partition coefficient (Wildman–Crippen LogP) is 2.66. The molecule has 130 valence electrons. The van der Waals surface area contributed by atoms with Gasteiger partial charge in [-0.15, -0.1) is 0 Å². The Kier molecular flexibility index (Phi) is 5.56. The largest absolute Gasteiger partial charge is 0.381 e. The molecule has 25 heavy (non-hydrogen) atoms. The van der Waals surface area contributed by atoms with E-state index in [1.165, 1.54) is 17.2 Å². The van der Waals surface area contributed by atoms with E-state index in [-0.39, 0.29) is 11.3 Å². The fraction of sp³-hybridized carbons (Fsp3) is 0.350. The minimum absolute atomic E-state index is 0.0698. The summed E-state index contributed by atoms with van der Waals surface area (Å²) in [6.07, 6.45) is 9.83. The number of carbonyl (C=O) groups excluding carboxylic acids is 1. The van der Waals surface area contributed by atoms with Gasteiger partial charge in [-0.2, -0.15) is 0 Å². The van der Waals surface area contributed by atoms with E-state index in [1.807, 2.05) is 6.07 Å². The molecule has 1 aliphatic heterocycles. The number of nitrogens with zero attached hydrogens (tertiary/aromatic N) is 2. The maximum absolute atomic E-state index is 12.2. The first-order valence-electron chi connectivity index (χ1n) is 8.55. The standard InChI is InChI=1S/C20H23N3O2/c1-16-4-2-3-5-18(16)20(8-12-25-13-9-20)15-23-19(24)7-6-17-14-21-10-11-22-17/h2-7,10-11,14H,8-9,12-13,15H2,1H3,(H,23,24)/b7-6+. The van der Waals surface area contributed by atoms with Crippen molar-refractivity contribution in [3.8, 4) is 0 Å². The van der Waals surface area contributed by atoms with Gasteiger partial charge in [-0.05, 0) is 37.0 Å². The number of hydrogen-bond donors (Lipinski definition) is 1. The number of ether oxygens (including phenoxy) is 1. The van der Waals surface area contributed by atoms with E-state index >= 15 is 0 Å². The van der Waals surface area contributed by atoms with E-state index in [0.717, 1.165) is 26.1 Å². The van der Waals surface area contributed by atoms with Crippen molar-refractivity contribution in [1.82, 2.24) is 15.3 Å². The maximum Gasteiger partial charge on any atom is 0.244 e. The molecule has 1 aromatic heterocycles. The topological polar surface area (TPSA) is 64.1 Å². The zero-order valence-corrected chi connectivity index (χ0v) is 14.4. The molecular formula is C20H23N3O2. The van der Waals surface area contributed by atoms with Crippen molar-refractivity contribution >= 4 is 12.0 Å². The van der Waals surface area contributed by atoms with Crippen LogP contribution in [0.3, 0.4) is 0 Å². The molecule has 0 saturated carbocycles. The van der Waals surface area contributed by atoms with Crippen LogP contribution in [0.15, 0.2) is 48.9 Å². The average molecular weight is 337 g/mol. The van der Waals surface area contributed by atoms with Crippen molar-refractivity contribution in [2.75, 3.05) is 19.8 Å². The lowest BCUT2D eigenvalue weighted by Gasteiger charge is -2.38. The lowest BCUT2D eigenvalue weighted by Crippen LogP contribution is -2.44. The van der Waals surface area contributed by atoms with Crippen LogP contribution in [0.1, 0.15) is 29.7 Å². The Labute approximate surface area is 148 Å². The Bertz CT molecular complexity index is 738. The van der Waals surface area contributed by atoms with Crippen LogP contribution < -0.4 is 5.32 Å². The van der Waals surface area contributed by atoms with Crippen molar-refractivity contribution in [1.29, 1.82) is 0 Å². The molecule has 1 N–H and O–H groups in total. The quantitative estimate of drug-likeness (QED) is 0.852. The van der Waals surface area contributed by atoms with Gasteiger partial charge in [-0.25, -0.2) is 0 Å². The third-order valence-electron chi connectivity index (χ3n) is 4.76. The Hall–Kier alpha value is -2.53. The van der Waals surface area contributed by atoms with Gasteiger partial charge in [0.05, 0.1) is 11.9 Å². The Morgan fingerprint density at radius 3 is 2.80 bits per heavy atom. The highest BCUT2D eigenvalue weighted by atomic mass is 16.5. The second kappa shape index (κ2) is 8.03. The SMILES string of the molecule is Cc1ccccc1C1(CNC(=O)/C=C/c2cnccn2)CCOCC1. The van der Waals surface area contributed by atoms with Gasteiger partial charge in [-0.3, -0.25) is 14.8 Å². The highest BCUT2D eigenvalue weighted by molar-refractivity contribution is 5.91. The molecule has 0 atom stereocenters. The van der Waals surface area contributed by atoms with Crippen LogP contribution in [-0.2, 0) is 14.9 Å². The fourth-order valence-electron chi connectivity index (χ4n) is 3.34. The van der Waals surface area contributed by atoms with Crippen LogP contribution in [0.2, 0.25) is 0 Å². The Morgan fingerprint density at radius 1 is 1.28 bits per heavy atom. The van der Waals surface area contributed by atoms with Gasteiger partial charge < -0.3 is 10.1 Å². The first-order chi connectivity index (χ1) is 12.2. The molecular weight excluding hydrogens is 314 g/mol. The van der Waals surface area contributed by atoms with E-state index in [4.69, 9.17) is 4.74 Å². The minimum atomic E-state index is -0.120. The zero-order valence-electron chi connectivity index (χ0n) is 14.4. The van der Waals surface area contributed by atoms with E-state index in [9.17, 15) is 4.79 Å². The smallest absolute Gasteiger partial charge is 0.244 e. The van der Waals surface area contributed by atoms with Gasteiger partial charge in [0, 0.05) is 43.6 Å². The van der Waals surface area contributed by atoms with Crippen molar-refractivity contribution in [2.24, 2.45) is 0 Å².